The molecule has 0 bridgehead atoms. The Morgan fingerprint density at radius 1 is 1.15 bits per heavy atom. The Morgan fingerprint density at radius 3 is 2.37 bits per heavy atom. The van der Waals surface area contributed by atoms with Crippen LogP contribution < -0.4 is 16.2 Å². The molecule has 144 valence electrons. The van der Waals surface area contributed by atoms with Crippen molar-refractivity contribution in [1.82, 2.24) is 9.97 Å². The van der Waals surface area contributed by atoms with Crippen LogP contribution in [0.3, 0.4) is 0 Å². The van der Waals surface area contributed by atoms with Crippen molar-refractivity contribution >= 4 is 46.7 Å². The van der Waals surface area contributed by atoms with Crippen molar-refractivity contribution < 1.29 is 9.59 Å². The van der Waals surface area contributed by atoms with E-state index in [2.05, 4.69) is 34.4 Å². The first-order valence-corrected chi connectivity index (χ1v) is 10.4. The van der Waals surface area contributed by atoms with E-state index in [1.165, 1.54) is 24.8 Å². The van der Waals surface area contributed by atoms with Crippen LogP contribution in [0.5, 0.6) is 0 Å². The maximum Gasteiger partial charge on any atom is 0.251 e. The number of carbonyl (C=O) groups excluding carboxylic acids is 2. The molecule has 0 atom stereocenters. The summed E-state index contributed by atoms with van der Waals surface area (Å²) >= 11 is 2.88. The van der Waals surface area contributed by atoms with Crippen LogP contribution in [0.4, 0.5) is 11.4 Å². The summed E-state index contributed by atoms with van der Waals surface area (Å²) in [6.07, 6.45) is 0. The second-order valence-electron chi connectivity index (χ2n) is 6.00. The Kier molecular flexibility index (Phi) is 7.93. The van der Waals surface area contributed by atoms with Crippen LogP contribution in [-0.4, -0.2) is 32.8 Å². The third-order valence-corrected chi connectivity index (χ3v) is 5.17. The Labute approximate surface area is 166 Å². The van der Waals surface area contributed by atoms with E-state index < -0.39 is 0 Å². The van der Waals surface area contributed by atoms with Gasteiger partial charge in [0.25, 0.3) is 5.56 Å². The Hall–Kier alpha value is -2.26. The molecule has 3 N–H and O–H groups in total. The summed E-state index contributed by atoms with van der Waals surface area (Å²) in [7, 11) is 0. The highest BCUT2D eigenvalue weighted by molar-refractivity contribution is 7.99. The molecule has 0 aliphatic carbocycles. The van der Waals surface area contributed by atoms with Crippen molar-refractivity contribution in [3.63, 3.8) is 0 Å². The molecule has 7 nitrogen and oxygen atoms in total. The molecule has 1 aromatic carbocycles. The summed E-state index contributed by atoms with van der Waals surface area (Å²) in [4.78, 5) is 41.9. The maximum absolute atomic E-state index is 12.1. The molecular weight excluding hydrogens is 384 g/mol. The highest BCUT2D eigenvalue weighted by Crippen LogP contribution is 2.18. The molecule has 1 heterocycles. The normalized spacial score (nSPS) is 10.7. The van der Waals surface area contributed by atoms with Gasteiger partial charge >= 0.3 is 0 Å². The molecule has 0 unspecified atom stereocenters. The number of carbonyl (C=O) groups is 2. The zero-order valence-corrected chi connectivity index (χ0v) is 17.0. The van der Waals surface area contributed by atoms with Crippen LogP contribution in [0, 0.1) is 0 Å². The van der Waals surface area contributed by atoms with Crippen molar-refractivity contribution in [1.29, 1.82) is 0 Å². The van der Waals surface area contributed by atoms with Gasteiger partial charge in [-0.1, -0.05) is 25.6 Å². The predicted octanol–water partition coefficient (Wildman–Crippen LogP) is 3.10. The fourth-order valence-electron chi connectivity index (χ4n) is 2.05. The van der Waals surface area contributed by atoms with Crippen LogP contribution in [0.1, 0.15) is 26.5 Å². The summed E-state index contributed by atoms with van der Waals surface area (Å²) in [6.45, 7) is 5.60. The number of nitrogens with zero attached hydrogens (tertiary/aromatic N) is 1. The summed E-state index contributed by atoms with van der Waals surface area (Å²) in [5, 5.41) is 6.30. The van der Waals surface area contributed by atoms with Gasteiger partial charge in [-0.2, -0.15) is 11.8 Å². The zero-order chi connectivity index (χ0) is 19.8. The van der Waals surface area contributed by atoms with Gasteiger partial charge in [-0.15, -0.1) is 0 Å². The van der Waals surface area contributed by atoms with Gasteiger partial charge in [0.15, 0.2) is 5.16 Å². The monoisotopic (exact) mass is 406 g/mol. The highest BCUT2D eigenvalue weighted by atomic mass is 32.2. The standard InChI is InChI=1S/C18H22N4O3S2/c1-11(2)26-9-15-8-16(24)22-18(21-15)27-10-17(25)20-14-6-4-13(5-7-14)19-12(3)23/h4-8,11H,9-10H2,1-3H3,(H,19,23)(H,20,25)(H,21,22,24). The first-order valence-electron chi connectivity index (χ1n) is 8.34. The van der Waals surface area contributed by atoms with Gasteiger partial charge in [-0.25, -0.2) is 4.98 Å². The number of H-pyrrole nitrogens is 1. The molecule has 0 radical (unpaired) electrons. The SMILES string of the molecule is CC(=O)Nc1ccc(NC(=O)CSc2nc(CSC(C)C)cc(=O)[nH]2)cc1. The van der Waals surface area contributed by atoms with E-state index in [0.29, 0.717) is 33.2 Å². The number of aromatic nitrogens is 2. The summed E-state index contributed by atoms with van der Waals surface area (Å²) in [6, 6.07) is 8.31. The van der Waals surface area contributed by atoms with Gasteiger partial charge in [0.1, 0.15) is 0 Å². The minimum Gasteiger partial charge on any atom is -0.326 e. The molecule has 0 spiro atoms. The Bertz CT molecular complexity index is 850. The molecule has 2 amide bonds. The minimum absolute atomic E-state index is 0.122. The summed E-state index contributed by atoms with van der Waals surface area (Å²) in [5.74, 6) is 0.412. The summed E-state index contributed by atoms with van der Waals surface area (Å²) in [5.41, 5.74) is 1.76. The number of anilines is 2. The van der Waals surface area contributed by atoms with E-state index >= 15 is 0 Å². The van der Waals surface area contributed by atoms with Crippen molar-refractivity contribution in [2.24, 2.45) is 0 Å². The van der Waals surface area contributed by atoms with Crippen molar-refractivity contribution in [3.05, 3.63) is 46.4 Å². The lowest BCUT2D eigenvalue weighted by Crippen LogP contribution is -2.16. The van der Waals surface area contributed by atoms with Gasteiger partial charge in [0.2, 0.25) is 11.8 Å². The second-order valence-corrected chi connectivity index (χ2v) is 8.53. The number of benzene rings is 1. The minimum atomic E-state index is -0.221. The van der Waals surface area contributed by atoms with Crippen molar-refractivity contribution in [3.8, 4) is 0 Å². The van der Waals surface area contributed by atoms with E-state index in [1.54, 1.807) is 36.0 Å². The highest BCUT2D eigenvalue weighted by Gasteiger charge is 2.08. The lowest BCUT2D eigenvalue weighted by Gasteiger charge is -2.08. The number of rotatable bonds is 8. The predicted molar refractivity (Wildman–Crippen MR) is 111 cm³/mol. The zero-order valence-electron chi connectivity index (χ0n) is 15.4. The number of hydrogen-bond donors (Lipinski definition) is 3. The molecule has 0 saturated heterocycles. The van der Waals surface area contributed by atoms with Crippen LogP contribution in [-0.2, 0) is 15.3 Å². The number of hydrogen-bond acceptors (Lipinski definition) is 6. The van der Waals surface area contributed by atoms with Gasteiger partial charge in [0, 0.05) is 30.1 Å². The van der Waals surface area contributed by atoms with Crippen LogP contribution in [0.15, 0.2) is 40.3 Å². The molecule has 0 fully saturated rings. The molecule has 0 saturated carbocycles. The van der Waals surface area contributed by atoms with Crippen molar-refractivity contribution in [2.45, 2.75) is 36.9 Å². The fraction of sp³-hybridized carbons (Fsp3) is 0.333. The van der Waals surface area contributed by atoms with Crippen LogP contribution >= 0.6 is 23.5 Å². The lowest BCUT2D eigenvalue weighted by atomic mass is 10.3. The smallest absolute Gasteiger partial charge is 0.251 e. The van der Waals surface area contributed by atoms with Gasteiger partial charge in [0.05, 0.1) is 11.4 Å². The largest absolute Gasteiger partial charge is 0.326 e. The first kappa shape index (κ1) is 21.0. The molecule has 0 aliphatic heterocycles. The Morgan fingerprint density at radius 2 is 1.78 bits per heavy atom. The molecule has 1 aromatic heterocycles. The number of nitrogens with one attached hydrogen (secondary N) is 3. The number of thioether (sulfide) groups is 2. The molecule has 2 rings (SSSR count). The van der Waals surface area contributed by atoms with Crippen molar-refractivity contribution in [2.75, 3.05) is 16.4 Å². The van der Waals surface area contributed by atoms with Gasteiger partial charge in [-0.3, -0.25) is 14.4 Å². The third kappa shape index (κ3) is 7.88. The average Bonchev–Trinajstić information content (AvgIpc) is 2.59. The quantitative estimate of drug-likeness (QED) is 0.460. The average molecular weight is 407 g/mol. The van der Waals surface area contributed by atoms with E-state index in [4.69, 9.17) is 0 Å². The molecule has 27 heavy (non-hydrogen) atoms. The number of aromatic amines is 1. The maximum atomic E-state index is 12.1. The van der Waals surface area contributed by atoms with E-state index in [0.717, 1.165) is 0 Å². The van der Waals surface area contributed by atoms with Crippen LogP contribution in [0.25, 0.3) is 0 Å². The van der Waals surface area contributed by atoms with E-state index in [9.17, 15) is 14.4 Å². The van der Waals surface area contributed by atoms with Gasteiger partial charge < -0.3 is 15.6 Å². The van der Waals surface area contributed by atoms with Crippen LogP contribution in [0.2, 0.25) is 0 Å². The summed E-state index contributed by atoms with van der Waals surface area (Å²) < 4.78 is 0. The lowest BCUT2D eigenvalue weighted by molar-refractivity contribution is -0.114. The third-order valence-electron chi connectivity index (χ3n) is 3.17. The molecule has 2 aromatic rings. The fourth-order valence-corrected chi connectivity index (χ4v) is 3.40. The van der Waals surface area contributed by atoms with E-state index in [-0.39, 0.29) is 23.1 Å². The first-order chi connectivity index (χ1) is 12.8. The van der Waals surface area contributed by atoms with Gasteiger partial charge in [-0.05, 0) is 29.5 Å². The molecule has 9 heteroatoms. The van der Waals surface area contributed by atoms with E-state index in [1.807, 2.05) is 0 Å². The second kappa shape index (κ2) is 10.2. The molecule has 0 aliphatic rings. The number of amides is 2. The topological polar surface area (TPSA) is 104 Å². The molecular formula is C18H22N4O3S2. The Balaban J connectivity index is 1.89.